The lowest BCUT2D eigenvalue weighted by molar-refractivity contribution is -0.196. The molecule has 1 aromatic carbocycles. The van der Waals surface area contributed by atoms with Crippen LogP contribution in [-0.2, 0) is 4.79 Å². The van der Waals surface area contributed by atoms with Crippen LogP contribution in [0.2, 0.25) is 0 Å². The fourth-order valence-electron chi connectivity index (χ4n) is 2.64. The fraction of sp³-hybridized carbons (Fsp3) is 0.167. The third kappa shape index (κ3) is 3.12. The van der Waals surface area contributed by atoms with Crippen LogP contribution in [0.1, 0.15) is 16.1 Å². The first-order valence-corrected chi connectivity index (χ1v) is 7.81. The maximum absolute atomic E-state index is 13.9. The van der Waals surface area contributed by atoms with Gasteiger partial charge in [-0.25, -0.2) is 4.99 Å². The fourth-order valence-corrected chi connectivity index (χ4v) is 2.64. The molecule has 27 heavy (non-hydrogen) atoms. The van der Waals surface area contributed by atoms with Crippen LogP contribution in [0.5, 0.6) is 0 Å². The zero-order valence-corrected chi connectivity index (χ0v) is 13.9. The molecule has 3 rings (SSSR count). The molecule has 0 saturated heterocycles. The first-order chi connectivity index (χ1) is 12.8. The summed E-state index contributed by atoms with van der Waals surface area (Å²) in [4.78, 5) is 29.4. The summed E-state index contributed by atoms with van der Waals surface area (Å²) in [6.45, 7) is 3.26. The normalized spacial score (nSPS) is 19.7. The summed E-state index contributed by atoms with van der Waals surface area (Å²) < 4.78 is 46.7. The molecule has 2 heterocycles. The highest BCUT2D eigenvalue weighted by atomic mass is 19.4. The highest BCUT2D eigenvalue weighted by Gasteiger charge is 2.67. The van der Waals surface area contributed by atoms with Gasteiger partial charge in [0.2, 0.25) is 0 Å². The highest BCUT2D eigenvalue weighted by Crippen LogP contribution is 2.38. The number of rotatable bonds is 5. The predicted octanol–water partition coefficient (Wildman–Crippen LogP) is 2.74. The minimum atomic E-state index is -5.18. The molecule has 9 heteroatoms. The van der Waals surface area contributed by atoms with Crippen molar-refractivity contribution in [2.45, 2.75) is 11.8 Å². The summed E-state index contributed by atoms with van der Waals surface area (Å²) in [7, 11) is 0. The lowest BCUT2D eigenvalue weighted by Crippen LogP contribution is -2.63. The summed E-state index contributed by atoms with van der Waals surface area (Å²) >= 11 is 0. The van der Waals surface area contributed by atoms with E-state index in [1.807, 2.05) is 0 Å². The molecule has 6 nitrogen and oxygen atoms in total. The molecule has 1 aliphatic rings. The molecule has 0 fully saturated rings. The second-order valence-electron chi connectivity index (χ2n) is 5.65. The minimum Gasteiger partial charge on any atom is -0.459 e. The maximum Gasteiger partial charge on any atom is 0.442 e. The number of furan rings is 1. The first-order valence-electron chi connectivity index (χ1n) is 7.81. The van der Waals surface area contributed by atoms with E-state index < -0.39 is 23.7 Å². The average molecular weight is 377 g/mol. The molecule has 0 spiro atoms. The van der Waals surface area contributed by atoms with Gasteiger partial charge in [0.05, 0.1) is 6.26 Å². The molecule has 1 N–H and O–H groups in total. The molecule has 0 radical (unpaired) electrons. The van der Waals surface area contributed by atoms with E-state index in [1.54, 1.807) is 23.5 Å². The van der Waals surface area contributed by atoms with Gasteiger partial charge in [-0.2, -0.15) is 13.2 Å². The minimum absolute atomic E-state index is 0.207. The van der Waals surface area contributed by atoms with Crippen molar-refractivity contribution in [2.24, 2.45) is 4.99 Å². The smallest absolute Gasteiger partial charge is 0.442 e. The molecule has 1 aromatic heterocycles. The van der Waals surface area contributed by atoms with Crippen LogP contribution in [0.4, 0.5) is 13.2 Å². The molecule has 0 aliphatic carbocycles. The Kier molecular flexibility index (Phi) is 4.61. The van der Waals surface area contributed by atoms with Crippen molar-refractivity contribution >= 4 is 17.6 Å². The van der Waals surface area contributed by atoms with Gasteiger partial charge in [0, 0.05) is 12.1 Å². The molecule has 0 unspecified atom stereocenters. The number of hydrogen-bond acceptors (Lipinski definition) is 4. The van der Waals surface area contributed by atoms with Crippen molar-refractivity contribution in [1.82, 2.24) is 10.2 Å². The highest BCUT2D eigenvalue weighted by molar-refractivity contribution is 6.16. The Bertz CT molecular complexity index is 892. The van der Waals surface area contributed by atoms with Crippen molar-refractivity contribution in [2.75, 3.05) is 6.54 Å². The van der Waals surface area contributed by atoms with Crippen LogP contribution in [0.25, 0.3) is 0 Å². The SMILES string of the molecule is C=CCN1C(=O)[C@](NC(=O)c2ccco2)(C(F)(F)F)N=C1c1ccccc1. The molecule has 2 amide bonds. The van der Waals surface area contributed by atoms with E-state index in [0.717, 1.165) is 11.2 Å². The Labute approximate surface area is 152 Å². The van der Waals surface area contributed by atoms with Crippen molar-refractivity contribution in [3.05, 3.63) is 72.7 Å². The van der Waals surface area contributed by atoms with Crippen molar-refractivity contribution in [3.8, 4) is 0 Å². The second-order valence-corrected chi connectivity index (χ2v) is 5.65. The van der Waals surface area contributed by atoms with Crippen molar-refractivity contribution in [1.29, 1.82) is 0 Å². The van der Waals surface area contributed by atoms with E-state index >= 15 is 0 Å². The molecule has 1 atom stereocenters. The van der Waals surface area contributed by atoms with Gasteiger partial charge in [-0.3, -0.25) is 14.5 Å². The number of carbonyl (C=O) groups is 2. The molecular weight excluding hydrogens is 363 g/mol. The van der Waals surface area contributed by atoms with E-state index in [9.17, 15) is 22.8 Å². The van der Waals surface area contributed by atoms with Gasteiger partial charge in [-0.1, -0.05) is 36.4 Å². The van der Waals surface area contributed by atoms with Crippen molar-refractivity contribution in [3.63, 3.8) is 0 Å². The van der Waals surface area contributed by atoms with E-state index in [4.69, 9.17) is 4.42 Å². The van der Waals surface area contributed by atoms with Gasteiger partial charge in [0.1, 0.15) is 5.84 Å². The van der Waals surface area contributed by atoms with Gasteiger partial charge in [-0.15, -0.1) is 6.58 Å². The van der Waals surface area contributed by atoms with E-state index in [2.05, 4.69) is 11.6 Å². The average Bonchev–Trinajstić information content (AvgIpc) is 3.25. The number of amidine groups is 1. The van der Waals surface area contributed by atoms with Gasteiger partial charge in [-0.05, 0) is 12.1 Å². The third-order valence-electron chi connectivity index (χ3n) is 3.88. The van der Waals surface area contributed by atoms with E-state index in [-0.39, 0.29) is 18.1 Å². The summed E-state index contributed by atoms with van der Waals surface area (Å²) in [5.74, 6) is -3.21. The molecule has 140 valence electrons. The van der Waals surface area contributed by atoms with Crippen LogP contribution in [0, 0.1) is 0 Å². The lowest BCUT2D eigenvalue weighted by atomic mass is 10.1. The van der Waals surface area contributed by atoms with Crippen LogP contribution in [-0.4, -0.2) is 40.9 Å². The largest absolute Gasteiger partial charge is 0.459 e. The summed E-state index contributed by atoms with van der Waals surface area (Å²) in [5, 5.41) is 1.70. The Morgan fingerprint density at radius 3 is 2.52 bits per heavy atom. The van der Waals surface area contributed by atoms with E-state index in [0.29, 0.717) is 5.56 Å². The monoisotopic (exact) mass is 377 g/mol. The van der Waals surface area contributed by atoms with Gasteiger partial charge < -0.3 is 9.73 Å². The quantitative estimate of drug-likeness (QED) is 0.815. The van der Waals surface area contributed by atoms with Crippen LogP contribution in [0.15, 0.2) is 70.8 Å². The third-order valence-corrected chi connectivity index (χ3v) is 3.88. The Morgan fingerprint density at radius 1 is 1.26 bits per heavy atom. The number of amides is 2. The Balaban J connectivity index is 2.11. The zero-order valence-electron chi connectivity index (χ0n) is 13.9. The lowest BCUT2D eigenvalue weighted by Gasteiger charge is -2.28. The number of benzene rings is 1. The summed E-state index contributed by atoms with van der Waals surface area (Å²) in [5.41, 5.74) is -3.16. The van der Waals surface area contributed by atoms with Gasteiger partial charge in [0.25, 0.3) is 11.8 Å². The standard InChI is InChI=1S/C18H14F3N3O3/c1-2-10-24-14(12-7-4-3-5-8-12)22-17(16(24)26,18(19,20)21)23-15(25)13-9-6-11-27-13/h2-9,11H,1,10H2,(H,23,25)/t17-/m0/s1. The van der Waals surface area contributed by atoms with Crippen molar-refractivity contribution < 1.29 is 27.2 Å². The van der Waals surface area contributed by atoms with Crippen LogP contribution < -0.4 is 5.32 Å². The Morgan fingerprint density at radius 2 is 1.96 bits per heavy atom. The molecule has 0 saturated carbocycles. The topological polar surface area (TPSA) is 74.9 Å². The number of nitrogens with one attached hydrogen (secondary N) is 1. The van der Waals surface area contributed by atoms with Gasteiger partial charge in [0.15, 0.2) is 5.76 Å². The van der Waals surface area contributed by atoms with Crippen LogP contribution in [0.3, 0.4) is 0 Å². The number of alkyl halides is 3. The molecule has 2 aromatic rings. The second kappa shape index (κ2) is 6.75. The summed E-state index contributed by atoms with van der Waals surface area (Å²) in [6, 6.07) is 10.4. The maximum atomic E-state index is 13.9. The van der Waals surface area contributed by atoms with E-state index in [1.165, 1.54) is 30.3 Å². The number of carbonyl (C=O) groups excluding carboxylic acids is 2. The zero-order chi connectivity index (χ0) is 19.7. The van der Waals surface area contributed by atoms with Gasteiger partial charge >= 0.3 is 11.8 Å². The molecular formula is C18H14F3N3O3. The number of hydrogen-bond donors (Lipinski definition) is 1. The number of halogens is 3. The molecule has 0 bridgehead atoms. The first kappa shape index (κ1) is 18.4. The predicted molar refractivity (Wildman–Crippen MR) is 89.8 cm³/mol. The number of aliphatic imine (C=N–C) groups is 1. The summed E-state index contributed by atoms with van der Waals surface area (Å²) in [6.07, 6.45) is -2.77. The Hall–Kier alpha value is -3.36. The molecule has 1 aliphatic heterocycles. The van der Waals surface area contributed by atoms with Crippen LogP contribution >= 0.6 is 0 Å². The number of nitrogens with zero attached hydrogens (tertiary/aromatic N) is 2.